The third-order valence-corrected chi connectivity index (χ3v) is 6.72. The highest BCUT2D eigenvalue weighted by Crippen LogP contribution is 2.27. The van der Waals surface area contributed by atoms with Crippen molar-refractivity contribution in [3.05, 3.63) is 92.6 Å². The van der Waals surface area contributed by atoms with E-state index in [1.807, 2.05) is 48.5 Å². The molecule has 1 amide bonds. The van der Waals surface area contributed by atoms with Crippen molar-refractivity contribution in [1.29, 1.82) is 0 Å². The Kier molecular flexibility index (Phi) is 5.97. The smallest absolute Gasteiger partial charge is 0.283 e. The van der Waals surface area contributed by atoms with Gasteiger partial charge in [0.25, 0.3) is 5.56 Å². The average Bonchev–Trinajstić information content (AvgIpc) is 3.18. The number of nitrogens with zero attached hydrogens (tertiary/aromatic N) is 2. The molecule has 6 nitrogen and oxygen atoms in total. The van der Waals surface area contributed by atoms with Gasteiger partial charge in [-0.15, -0.1) is 0 Å². The number of aromatic amines is 1. The summed E-state index contributed by atoms with van der Waals surface area (Å²) in [5, 5.41) is 4.62. The predicted octanol–water partition coefficient (Wildman–Crippen LogP) is 6.01. The first-order valence-electron chi connectivity index (χ1n) is 9.97. The summed E-state index contributed by atoms with van der Waals surface area (Å²) in [6, 6.07) is 21.9. The van der Waals surface area contributed by atoms with Crippen LogP contribution in [0.3, 0.4) is 0 Å². The van der Waals surface area contributed by atoms with Crippen molar-refractivity contribution in [3.63, 3.8) is 0 Å². The monoisotopic (exact) mass is 538 g/mol. The van der Waals surface area contributed by atoms with Crippen molar-refractivity contribution in [2.45, 2.75) is 5.16 Å². The van der Waals surface area contributed by atoms with E-state index < -0.39 is 0 Å². The molecule has 0 bridgehead atoms. The van der Waals surface area contributed by atoms with Gasteiger partial charge >= 0.3 is 0 Å². The van der Waals surface area contributed by atoms with Crippen molar-refractivity contribution < 1.29 is 4.79 Å². The number of thioether (sulfide) groups is 1. The number of amides is 1. The lowest BCUT2D eigenvalue weighted by Crippen LogP contribution is -2.23. The van der Waals surface area contributed by atoms with E-state index in [4.69, 9.17) is 16.6 Å². The Bertz CT molecular complexity index is 1560. The topological polar surface area (TPSA) is 79.8 Å². The highest BCUT2D eigenvalue weighted by Gasteiger charge is 2.18. The van der Waals surface area contributed by atoms with E-state index in [1.54, 1.807) is 24.3 Å². The van der Waals surface area contributed by atoms with Crippen LogP contribution in [0, 0.1) is 0 Å². The molecular formula is C24H16BrClN4O2S. The minimum atomic E-state index is -0.255. The third kappa shape index (κ3) is 4.42. The van der Waals surface area contributed by atoms with E-state index >= 15 is 0 Å². The number of fused-ring (bicyclic) bond motifs is 3. The standard InChI is InChI=1S/C24H16BrClN4O2S/c25-14-8-10-16(11-9-14)27-20(31)13-33-24-29-21-18-6-1-2-7-19(18)28-22(21)23(32)30(24)17-5-3-4-15(26)12-17/h1-12,28H,13H2,(H,27,31). The lowest BCUT2D eigenvalue weighted by Gasteiger charge is -2.12. The van der Waals surface area contributed by atoms with Gasteiger partial charge in [-0.05, 0) is 48.5 Å². The number of para-hydroxylation sites is 1. The Balaban J connectivity index is 1.56. The summed E-state index contributed by atoms with van der Waals surface area (Å²) < 4.78 is 2.41. The number of hydrogen-bond donors (Lipinski definition) is 2. The zero-order chi connectivity index (χ0) is 22.9. The molecule has 2 aromatic heterocycles. The SMILES string of the molecule is O=C(CSc1nc2c([nH]c3ccccc32)c(=O)n1-c1cccc(Cl)c1)Nc1ccc(Br)cc1. The number of hydrogen-bond acceptors (Lipinski definition) is 4. The summed E-state index contributed by atoms with van der Waals surface area (Å²) in [6.07, 6.45) is 0. The van der Waals surface area contributed by atoms with Crippen LogP contribution >= 0.6 is 39.3 Å². The van der Waals surface area contributed by atoms with Crippen LogP contribution in [0.15, 0.2) is 87.2 Å². The van der Waals surface area contributed by atoms with E-state index in [-0.39, 0.29) is 17.2 Å². The number of carbonyl (C=O) groups excluding carboxylic acids is 1. The first-order chi connectivity index (χ1) is 16.0. The molecule has 0 saturated carbocycles. The van der Waals surface area contributed by atoms with Crippen molar-refractivity contribution in [1.82, 2.24) is 14.5 Å². The number of rotatable bonds is 5. The van der Waals surface area contributed by atoms with Gasteiger partial charge in [0.2, 0.25) is 5.91 Å². The van der Waals surface area contributed by atoms with Gasteiger partial charge < -0.3 is 10.3 Å². The van der Waals surface area contributed by atoms with Gasteiger partial charge in [-0.1, -0.05) is 63.6 Å². The van der Waals surface area contributed by atoms with Gasteiger partial charge in [0.1, 0.15) is 11.0 Å². The number of nitrogens with one attached hydrogen (secondary N) is 2. The Morgan fingerprint density at radius 3 is 2.67 bits per heavy atom. The van der Waals surface area contributed by atoms with Crippen LogP contribution < -0.4 is 10.9 Å². The summed E-state index contributed by atoms with van der Waals surface area (Å²) >= 11 is 10.8. The zero-order valence-corrected chi connectivity index (χ0v) is 20.2. The van der Waals surface area contributed by atoms with Gasteiger partial charge in [0.05, 0.1) is 11.4 Å². The molecule has 2 N–H and O–H groups in total. The fourth-order valence-electron chi connectivity index (χ4n) is 3.54. The molecule has 0 radical (unpaired) electrons. The average molecular weight is 540 g/mol. The molecule has 33 heavy (non-hydrogen) atoms. The molecule has 0 fully saturated rings. The maximum Gasteiger partial charge on any atom is 0.283 e. The lowest BCUT2D eigenvalue weighted by molar-refractivity contribution is -0.113. The molecule has 0 aliphatic carbocycles. The first kappa shape index (κ1) is 21.8. The summed E-state index contributed by atoms with van der Waals surface area (Å²) in [7, 11) is 0. The number of anilines is 1. The third-order valence-electron chi connectivity index (χ3n) is 5.02. The normalized spacial score (nSPS) is 11.2. The van der Waals surface area contributed by atoms with Gasteiger partial charge in [-0.3, -0.25) is 14.2 Å². The summed E-state index contributed by atoms with van der Waals surface area (Å²) in [5.41, 5.74) is 2.82. The molecule has 0 saturated heterocycles. The van der Waals surface area contributed by atoms with Crippen molar-refractivity contribution >= 4 is 72.8 Å². The molecule has 0 aliphatic heterocycles. The van der Waals surface area contributed by atoms with Gasteiger partial charge in [0.15, 0.2) is 5.16 Å². The molecule has 0 aliphatic rings. The number of benzene rings is 3. The molecule has 164 valence electrons. The number of halogens is 2. The van der Waals surface area contributed by atoms with Crippen LogP contribution in [0.2, 0.25) is 5.02 Å². The second kappa shape index (κ2) is 9.05. The second-order valence-corrected chi connectivity index (χ2v) is 9.55. The van der Waals surface area contributed by atoms with Crippen LogP contribution in [-0.4, -0.2) is 26.2 Å². The molecular weight excluding hydrogens is 524 g/mol. The Hall–Kier alpha value is -3.07. The quantitative estimate of drug-likeness (QED) is 0.212. The van der Waals surface area contributed by atoms with Gasteiger partial charge in [-0.25, -0.2) is 4.98 Å². The molecule has 2 heterocycles. The first-order valence-corrected chi connectivity index (χ1v) is 12.1. The van der Waals surface area contributed by atoms with Crippen LogP contribution in [0.5, 0.6) is 0 Å². The van der Waals surface area contributed by atoms with E-state index in [9.17, 15) is 9.59 Å². The van der Waals surface area contributed by atoms with Gasteiger partial charge in [0, 0.05) is 26.1 Å². The molecule has 9 heteroatoms. The van der Waals surface area contributed by atoms with E-state index in [2.05, 4.69) is 26.2 Å². The molecule has 5 aromatic rings. The minimum Gasteiger partial charge on any atom is -0.349 e. The van der Waals surface area contributed by atoms with Crippen LogP contribution in [0.25, 0.3) is 27.6 Å². The minimum absolute atomic E-state index is 0.0803. The van der Waals surface area contributed by atoms with Crippen molar-refractivity contribution in [2.75, 3.05) is 11.1 Å². The Morgan fingerprint density at radius 1 is 1.09 bits per heavy atom. The van der Waals surface area contributed by atoms with Crippen LogP contribution in [0.4, 0.5) is 5.69 Å². The second-order valence-electron chi connectivity index (χ2n) is 7.25. The summed E-state index contributed by atoms with van der Waals surface area (Å²) in [5.74, 6) is -0.120. The van der Waals surface area contributed by atoms with Crippen molar-refractivity contribution in [2.24, 2.45) is 0 Å². The number of H-pyrrole nitrogens is 1. The number of aromatic nitrogens is 3. The zero-order valence-electron chi connectivity index (χ0n) is 17.0. The predicted molar refractivity (Wildman–Crippen MR) is 138 cm³/mol. The molecule has 0 unspecified atom stereocenters. The van der Waals surface area contributed by atoms with Crippen molar-refractivity contribution in [3.8, 4) is 5.69 Å². The Morgan fingerprint density at radius 2 is 1.88 bits per heavy atom. The molecule has 0 spiro atoms. The maximum atomic E-state index is 13.5. The van der Waals surface area contributed by atoms with E-state index in [0.29, 0.717) is 32.6 Å². The highest BCUT2D eigenvalue weighted by molar-refractivity contribution is 9.10. The fraction of sp³-hybridized carbons (Fsp3) is 0.0417. The molecule has 3 aromatic carbocycles. The van der Waals surface area contributed by atoms with E-state index in [1.165, 1.54) is 16.3 Å². The van der Waals surface area contributed by atoms with Gasteiger partial charge in [-0.2, -0.15) is 0 Å². The maximum absolute atomic E-state index is 13.5. The Labute approximate surface area is 206 Å². The van der Waals surface area contributed by atoms with Crippen LogP contribution in [0.1, 0.15) is 0 Å². The summed E-state index contributed by atoms with van der Waals surface area (Å²) in [4.78, 5) is 34.1. The fourth-order valence-corrected chi connectivity index (χ4v) is 4.80. The number of carbonyl (C=O) groups is 1. The summed E-state index contributed by atoms with van der Waals surface area (Å²) in [6.45, 7) is 0. The lowest BCUT2D eigenvalue weighted by atomic mass is 10.2. The molecule has 0 atom stereocenters. The molecule has 5 rings (SSSR count). The highest BCUT2D eigenvalue weighted by atomic mass is 79.9. The van der Waals surface area contributed by atoms with Crippen LogP contribution in [-0.2, 0) is 4.79 Å². The van der Waals surface area contributed by atoms with E-state index in [0.717, 1.165) is 15.4 Å². The largest absolute Gasteiger partial charge is 0.349 e.